The normalized spacial score (nSPS) is 16.7. The molecule has 30 heavy (non-hydrogen) atoms. The Labute approximate surface area is 191 Å². The fraction of sp³-hybridized carbons (Fsp3) is 0.350. The third-order valence-corrected chi connectivity index (χ3v) is 7.33. The lowest BCUT2D eigenvalue weighted by Crippen LogP contribution is -2.42. The van der Waals surface area contributed by atoms with Gasteiger partial charge in [0.05, 0.1) is 17.5 Å². The number of carbonyl (C=O) groups excluding carboxylic acids is 1. The lowest BCUT2D eigenvalue weighted by molar-refractivity contribution is -0.121. The van der Waals surface area contributed by atoms with Crippen molar-refractivity contribution >= 4 is 50.7 Å². The highest BCUT2D eigenvalue weighted by atomic mass is 35.5. The molecule has 1 amide bonds. The van der Waals surface area contributed by atoms with E-state index in [-0.39, 0.29) is 24.1 Å². The van der Waals surface area contributed by atoms with E-state index in [1.165, 1.54) is 30.3 Å². The maximum absolute atomic E-state index is 13.2. The maximum Gasteiger partial charge on any atom is 0.243 e. The predicted octanol–water partition coefficient (Wildman–Crippen LogP) is 4.13. The van der Waals surface area contributed by atoms with Gasteiger partial charge in [0.1, 0.15) is 0 Å². The zero-order valence-corrected chi connectivity index (χ0v) is 19.1. The van der Waals surface area contributed by atoms with Gasteiger partial charge in [-0.15, -0.1) is 0 Å². The molecular formula is C20H21Cl3N2O4S. The minimum absolute atomic E-state index is 0.0314. The van der Waals surface area contributed by atoms with Crippen molar-refractivity contribution in [1.29, 1.82) is 0 Å². The molecule has 1 saturated heterocycles. The lowest BCUT2D eigenvalue weighted by atomic mass is 10.2. The summed E-state index contributed by atoms with van der Waals surface area (Å²) < 4.78 is 33.0. The van der Waals surface area contributed by atoms with E-state index < -0.39 is 15.9 Å². The van der Waals surface area contributed by atoms with E-state index in [0.717, 1.165) is 17.1 Å². The van der Waals surface area contributed by atoms with Crippen molar-refractivity contribution < 1.29 is 17.9 Å². The Bertz CT molecular complexity index is 994. The van der Waals surface area contributed by atoms with Crippen LogP contribution in [0.25, 0.3) is 0 Å². The molecule has 1 aliphatic rings. The van der Waals surface area contributed by atoms with Gasteiger partial charge < -0.3 is 10.1 Å². The standard InChI is InChI=1S/C20H21Cl3N2O4S/c21-15-5-7-18(8-6-15)30(27,28)25(12-14-3-4-16(22)10-19(14)23)13-20(26)24-11-17-2-1-9-29-17/h3-8,10,17H,1-2,9,11-13H2,(H,24,26)/t17-/m1/s1. The highest BCUT2D eigenvalue weighted by Crippen LogP contribution is 2.25. The summed E-state index contributed by atoms with van der Waals surface area (Å²) in [5, 5.41) is 3.92. The Morgan fingerprint density at radius 1 is 1.10 bits per heavy atom. The number of amides is 1. The largest absolute Gasteiger partial charge is 0.376 e. The second-order valence-corrected chi connectivity index (χ2v) is 10.1. The molecule has 3 rings (SSSR count). The average Bonchev–Trinajstić information content (AvgIpc) is 3.22. The smallest absolute Gasteiger partial charge is 0.243 e. The van der Waals surface area contributed by atoms with E-state index in [0.29, 0.717) is 33.8 Å². The van der Waals surface area contributed by atoms with Crippen LogP contribution < -0.4 is 5.32 Å². The van der Waals surface area contributed by atoms with Gasteiger partial charge in [-0.05, 0) is 54.8 Å². The molecule has 1 aliphatic heterocycles. The van der Waals surface area contributed by atoms with E-state index in [2.05, 4.69) is 5.32 Å². The van der Waals surface area contributed by atoms with Crippen molar-refractivity contribution in [3.05, 3.63) is 63.1 Å². The first-order chi connectivity index (χ1) is 14.3. The molecule has 0 saturated carbocycles. The van der Waals surface area contributed by atoms with E-state index >= 15 is 0 Å². The van der Waals surface area contributed by atoms with Gasteiger partial charge in [0, 0.05) is 34.8 Å². The van der Waals surface area contributed by atoms with Gasteiger partial charge >= 0.3 is 0 Å². The van der Waals surface area contributed by atoms with Gasteiger partial charge in [0.25, 0.3) is 0 Å². The molecule has 1 N–H and O–H groups in total. The Balaban J connectivity index is 1.81. The van der Waals surface area contributed by atoms with Crippen LogP contribution in [0.2, 0.25) is 15.1 Å². The molecule has 1 fully saturated rings. The fourth-order valence-electron chi connectivity index (χ4n) is 3.07. The van der Waals surface area contributed by atoms with Gasteiger partial charge in [-0.2, -0.15) is 4.31 Å². The number of nitrogens with zero attached hydrogens (tertiary/aromatic N) is 1. The third-order valence-electron chi connectivity index (χ3n) is 4.68. The molecule has 1 atom stereocenters. The molecule has 0 unspecified atom stereocenters. The average molecular weight is 492 g/mol. The molecule has 1 heterocycles. The van der Waals surface area contributed by atoms with Crippen LogP contribution in [-0.4, -0.2) is 44.4 Å². The van der Waals surface area contributed by atoms with Gasteiger partial charge in [-0.25, -0.2) is 8.42 Å². The van der Waals surface area contributed by atoms with Crippen molar-refractivity contribution in [3.8, 4) is 0 Å². The summed E-state index contributed by atoms with van der Waals surface area (Å²) in [5.74, 6) is -0.423. The van der Waals surface area contributed by atoms with Crippen molar-refractivity contribution in [1.82, 2.24) is 9.62 Å². The van der Waals surface area contributed by atoms with Crippen molar-refractivity contribution in [2.75, 3.05) is 19.7 Å². The minimum Gasteiger partial charge on any atom is -0.376 e. The van der Waals surface area contributed by atoms with Gasteiger partial charge in [0.15, 0.2) is 0 Å². The number of ether oxygens (including phenoxy) is 1. The zero-order valence-electron chi connectivity index (χ0n) is 16.0. The molecule has 6 nitrogen and oxygen atoms in total. The first kappa shape index (κ1) is 23.3. The van der Waals surface area contributed by atoms with Crippen molar-refractivity contribution in [3.63, 3.8) is 0 Å². The first-order valence-corrected chi connectivity index (χ1v) is 11.9. The second-order valence-electron chi connectivity index (χ2n) is 6.90. The van der Waals surface area contributed by atoms with Gasteiger partial charge in [-0.1, -0.05) is 40.9 Å². The summed E-state index contributed by atoms with van der Waals surface area (Å²) in [6.45, 7) is 0.562. The first-order valence-electron chi connectivity index (χ1n) is 9.33. The number of rotatable bonds is 8. The minimum atomic E-state index is -3.98. The van der Waals surface area contributed by atoms with E-state index in [4.69, 9.17) is 39.5 Å². The van der Waals surface area contributed by atoms with Crippen LogP contribution >= 0.6 is 34.8 Å². The monoisotopic (exact) mass is 490 g/mol. The lowest BCUT2D eigenvalue weighted by Gasteiger charge is -2.23. The van der Waals surface area contributed by atoms with Crippen LogP contribution in [0.15, 0.2) is 47.4 Å². The summed E-state index contributed by atoms with van der Waals surface area (Å²) in [6.07, 6.45) is 1.78. The summed E-state index contributed by atoms with van der Waals surface area (Å²) in [4.78, 5) is 12.6. The van der Waals surface area contributed by atoms with E-state index in [1.54, 1.807) is 12.1 Å². The molecule has 10 heteroatoms. The van der Waals surface area contributed by atoms with Crippen LogP contribution in [0.5, 0.6) is 0 Å². The molecule has 0 bridgehead atoms. The van der Waals surface area contributed by atoms with Crippen LogP contribution in [0.4, 0.5) is 0 Å². The number of hydrogen-bond acceptors (Lipinski definition) is 4. The van der Waals surface area contributed by atoms with Crippen molar-refractivity contribution in [2.45, 2.75) is 30.4 Å². The third kappa shape index (κ3) is 6.09. The highest BCUT2D eigenvalue weighted by molar-refractivity contribution is 7.89. The second kappa shape index (κ2) is 10.3. The number of hydrogen-bond donors (Lipinski definition) is 1. The van der Waals surface area contributed by atoms with E-state index in [1.807, 2.05) is 0 Å². The van der Waals surface area contributed by atoms with E-state index in [9.17, 15) is 13.2 Å². The SMILES string of the molecule is O=C(CN(Cc1ccc(Cl)cc1Cl)S(=O)(=O)c1ccc(Cl)cc1)NC[C@H]1CCCO1. The number of nitrogens with one attached hydrogen (secondary N) is 1. The van der Waals surface area contributed by atoms with Crippen LogP contribution in [0, 0.1) is 0 Å². The van der Waals surface area contributed by atoms with Crippen LogP contribution in [0.3, 0.4) is 0 Å². The quantitative estimate of drug-likeness (QED) is 0.602. The Morgan fingerprint density at radius 3 is 2.43 bits per heavy atom. The van der Waals surface area contributed by atoms with Gasteiger partial charge in [-0.3, -0.25) is 4.79 Å². The predicted molar refractivity (Wildman–Crippen MR) is 117 cm³/mol. The molecule has 0 radical (unpaired) electrons. The van der Waals surface area contributed by atoms with Crippen molar-refractivity contribution in [2.24, 2.45) is 0 Å². The number of halogens is 3. The fourth-order valence-corrected chi connectivity index (χ4v) is 5.04. The van der Waals surface area contributed by atoms with Crippen LogP contribution in [-0.2, 0) is 26.1 Å². The summed E-state index contributed by atoms with van der Waals surface area (Å²) in [7, 11) is -3.98. The Kier molecular flexibility index (Phi) is 8.01. The molecular weight excluding hydrogens is 471 g/mol. The zero-order chi connectivity index (χ0) is 21.7. The van der Waals surface area contributed by atoms with Gasteiger partial charge in [0.2, 0.25) is 15.9 Å². The maximum atomic E-state index is 13.2. The molecule has 2 aromatic rings. The summed E-state index contributed by atoms with van der Waals surface area (Å²) in [6, 6.07) is 10.6. The summed E-state index contributed by atoms with van der Waals surface area (Å²) in [5.41, 5.74) is 0.533. The topological polar surface area (TPSA) is 75.7 Å². The number of carbonyl (C=O) groups is 1. The molecule has 2 aromatic carbocycles. The molecule has 0 aromatic heterocycles. The number of benzene rings is 2. The molecule has 162 valence electrons. The molecule has 0 spiro atoms. The van der Waals surface area contributed by atoms with Crippen LogP contribution in [0.1, 0.15) is 18.4 Å². The Morgan fingerprint density at radius 2 is 1.80 bits per heavy atom. The summed E-state index contributed by atoms with van der Waals surface area (Å²) >= 11 is 18.1. The Hall–Kier alpha value is -1.35. The molecule has 0 aliphatic carbocycles. The number of sulfonamides is 1. The highest BCUT2D eigenvalue weighted by Gasteiger charge is 2.28.